The molecule has 0 aliphatic carbocycles. The Morgan fingerprint density at radius 1 is 1.67 bits per heavy atom. The van der Waals surface area contributed by atoms with E-state index in [-0.39, 0.29) is 12.4 Å². The highest BCUT2D eigenvalue weighted by Gasteiger charge is 1.91. The Kier molecular flexibility index (Phi) is 4.23. The molecule has 0 aliphatic heterocycles. The van der Waals surface area contributed by atoms with Crippen LogP contribution >= 0.6 is 35.3 Å². The van der Waals surface area contributed by atoms with Gasteiger partial charge in [0.15, 0.2) is 0 Å². The molecule has 2 N–H and O–H groups in total. The van der Waals surface area contributed by atoms with Crippen molar-refractivity contribution >= 4 is 35.3 Å². The molecule has 0 amide bonds. The van der Waals surface area contributed by atoms with Crippen LogP contribution in [0.25, 0.3) is 0 Å². The lowest BCUT2D eigenvalue weighted by atomic mass is 10.4. The van der Waals surface area contributed by atoms with Crippen molar-refractivity contribution < 1.29 is 0 Å². The quantitative estimate of drug-likeness (QED) is 0.711. The Morgan fingerprint density at radius 3 is 2.56 bits per heavy atom. The van der Waals surface area contributed by atoms with Crippen molar-refractivity contribution in [2.24, 2.45) is 5.73 Å². The smallest absolute Gasteiger partial charge is 0.0931 e. The summed E-state index contributed by atoms with van der Waals surface area (Å²) in [4.78, 5) is 0. The third kappa shape index (κ3) is 2.54. The fraction of sp³-hybridized carbons (Fsp3) is 0.200. The third-order valence-corrected chi connectivity index (χ3v) is 2.00. The van der Waals surface area contributed by atoms with Gasteiger partial charge in [0.1, 0.15) is 0 Å². The average Bonchev–Trinajstić information content (AvgIpc) is 2.14. The predicted molar refractivity (Wildman–Crippen MR) is 44.5 cm³/mol. The van der Waals surface area contributed by atoms with Gasteiger partial charge in [-0.3, -0.25) is 0 Å². The van der Waals surface area contributed by atoms with Crippen molar-refractivity contribution in [3.05, 3.63) is 21.3 Å². The molecule has 4 heteroatoms. The van der Waals surface area contributed by atoms with Gasteiger partial charge in [0, 0.05) is 6.54 Å². The van der Waals surface area contributed by atoms with Crippen molar-refractivity contribution in [3.63, 3.8) is 0 Å². The van der Waals surface area contributed by atoms with E-state index < -0.39 is 0 Å². The average molecular weight is 184 g/mol. The molecule has 52 valence electrons. The summed E-state index contributed by atoms with van der Waals surface area (Å²) in [6, 6.07) is 1.88. The van der Waals surface area contributed by atoms with Crippen molar-refractivity contribution in [3.8, 4) is 0 Å². The lowest BCUT2D eigenvalue weighted by Crippen LogP contribution is -1.92. The predicted octanol–water partition coefficient (Wildman–Crippen LogP) is 2.28. The van der Waals surface area contributed by atoms with Crippen LogP contribution in [0.15, 0.2) is 11.4 Å². The molecule has 0 unspecified atom stereocenters. The van der Waals surface area contributed by atoms with E-state index in [9.17, 15) is 0 Å². The van der Waals surface area contributed by atoms with Gasteiger partial charge >= 0.3 is 0 Å². The second kappa shape index (κ2) is 4.12. The third-order valence-electron chi connectivity index (χ3n) is 0.857. The van der Waals surface area contributed by atoms with Crippen LogP contribution in [0.1, 0.15) is 5.56 Å². The molecule has 0 radical (unpaired) electrons. The van der Waals surface area contributed by atoms with Crippen molar-refractivity contribution in [2.75, 3.05) is 0 Å². The Balaban J connectivity index is 0.000000640. The van der Waals surface area contributed by atoms with Crippen LogP contribution in [0.2, 0.25) is 4.34 Å². The molecule has 0 bridgehead atoms. The van der Waals surface area contributed by atoms with E-state index in [1.807, 2.05) is 11.4 Å². The Bertz CT molecular complexity index is 175. The lowest BCUT2D eigenvalue weighted by Gasteiger charge is -1.80. The zero-order chi connectivity index (χ0) is 5.98. The van der Waals surface area contributed by atoms with Gasteiger partial charge in [-0.15, -0.1) is 23.7 Å². The van der Waals surface area contributed by atoms with Gasteiger partial charge < -0.3 is 5.73 Å². The first-order chi connectivity index (χ1) is 3.83. The molecule has 1 aromatic rings. The van der Waals surface area contributed by atoms with Crippen LogP contribution in [0.3, 0.4) is 0 Å². The van der Waals surface area contributed by atoms with Crippen LogP contribution in [0.5, 0.6) is 0 Å². The zero-order valence-electron chi connectivity index (χ0n) is 4.63. The molecule has 0 fully saturated rings. The molecular weight excluding hydrogens is 177 g/mol. The first-order valence-corrected chi connectivity index (χ1v) is 3.51. The second-order valence-electron chi connectivity index (χ2n) is 1.46. The topological polar surface area (TPSA) is 26.0 Å². The molecule has 1 rings (SSSR count). The van der Waals surface area contributed by atoms with Gasteiger partial charge in [0.2, 0.25) is 0 Å². The minimum atomic E-state index is 0. The Labute approximate surface area is 69.2 Å². The molecule has 0 spiro atoms. The maximum Gasteiger partial charge on any atom is 0.0931 e. The summed E-state index contributed by atoms with van der Waals surface area (Å²) in [6.07, 6.45) is 0. The summed E-state index contributed by atoms with van der Waals surface area (Å²) < 4.78 is 0.811. The number of thiophene rings is 1. The van der Waals surface area contributed by atoms with Gasteiger partial charge in [-0.1, -0.05) is 11.6 Å². The molecule has 0 aliphatic rings. The van der Waals surface area contributed by atoms with Crippen molar-refractivity contribution in [1.29, 1.82) is 0 Å². The molecular formula is C5H7Cl2NS. The first-order valence-electron chi connectivity index (χ1n) is 2.26. The van der Waals surface area contributed by atoms with Gasteiger partial charge in [0.05, 0.1) is 4.34 Å². The summed E-state index contributed by atoms with van der Waals surface area (Å²) in [5.74, 6) is 0. The van der Waals surface area contributed by atoms with Gasteiger partial charge in [-0.2, -0.15) is 0 Å². The minimum absolute atomic E-state index is 0. The molecule has 1 aromatic heterocycles. The highest BCUT2D eigenvalue weighted by Crippen LogP contribution is 2.18. The number of rotatable bonds is 1. The minimum Gasteiger partial charge on any atom is -0.326 e. The van der Waals surface area contributed by atoms with E-state index in [1.165, 1.54) is 11.3 Å². The number of hydrogen-bond donors (Lipinski definition) is 1. The van der Waals surface area contributed by atoms with Crippen LogP contribution in [0, 0.1) is 0 Å². The fourth-order valence-corrected chi connectivity index (χ4v) is 1.37. The normalized spacial score (nSPS) is 8.67. The number of nitrogens with two attached hydrogens (primary N) is 1. The van der Waals surface area contributed by atoms with E-state index in [4.69, 9.17) is 17.3 Å². The van der Waals surface area contributed by atoms with Gasteiger partial charge in [-0.25, -0.2) is 0 Å². The molecule has 0 atom stereocenters. The van der Waals surface area contributed by atoms with E-state index in [0.717, 1.165) is 9.90 Å². The molecule has 1 nitrogen and oxygen atoms in total. The van der Waals surface area contributed by atoms with E-state index >= 15 is 0 Å². The largest absolute Gasteiger partial charge is 0.326 e. The van der Waals surface area contributed by atoms with E-state index in [1.54, 1.807) is 0 Å². The SMILES string of the molecule is Cl.NCc1csc(Cl)c1. The van der Waals surface area contributed by atoms with E-state index in [0.29, 0.717) is 6.54 Å². The maximum absolute atomic E-state index is 5.60. The number of halogens is 2. The summed E-state index contributed by atoms with van der Waals surface area (Å²) in [5.41, 5.74) is 6.42. The summed E-state index contributed by atoms with van der Waals surface area (Å²) in [6.45, 7) is 0.587. The summed E-state index contributed by atoms with van der Waals surface area (Å²) in [7, 11) is 0. The number of hydrogen-bond acceptors (Lipinski definition) is 2. The Hall–Kier alpha value is 0.240. The molecule has 9 heavy (non-hydrogen) atoms. The highest BCUT2D eigenvalue weighted by atomic mass is 35.5. The van der Waals surface area contributed by atoms with Crippen LogP contribution in [0.4, 0.5) is 0 Å². The lowest BCUT2D eigenvalue weighted by molar-refractivity contribution is 1.08. The summed E-state index contributed by atoms with van der Waals surface area (Å²) >= 11 is 7.12. The first kappa shape index (κ1) is 9.24. The maximum atomic E-state index is 5.60. The fourth-order valence-electron chi connectivity index (χ4n) is 0.453. The zero-order valence-corrected chi connectivity index (χ0v) is 7.02. The van der Waals surface area contributed by atoms with Crippen LogP contribution in [-0.2, 0) is 6.54 Å². The second-order valence-corrected chi connectivity index (χ2v) is 3.01. The summed E-state index contributed by atoms with van der Waals surface area (Å²) in [5, 5.41) is 1.96. The Morgan fingerprint density at radius 2 is 2.33 bits per heavy atom. The molecule has 0 saturated carbocycles. The highest BCUT2D eigenvalue weighted by molar-refractivity contribution is 7.14. The van der Waals surface area contributed by atoms with Crippen molar-refractivity contribution in [1.82, 2.24) is 0 Å². The van der Waals surface area contributed by atoms with Crippen LogP contribution < -0.4 is 5.73 Å². The van der Waals surface area contributed by atoms with Gasteiger partial charge in [0.25, 0.3) is 0 Å². The molecule has 1 heterocycles. The monoisotopic (exact) mass is 183 g/mol. The standard InChI is InChI=1S/C5H6ClNS.ClH/c6-5-1-4(2-7)3-8-5;/h1,3H,2,7H2;1H. The molecule has 0 aromatic carbocycles. The van der Waals surface area contributed by atoms with Crippen molar-refractivity contribution in [2.45, 2.75) is 6.54 Å². The van der Waals surface area contributed by atoms with E-state index in [2.05, 4.69) is 0 Å². The van der Waals surface area contributed by atoms with Gasteiger partial charge in [-0.05, 0) is 17.0 Å². The molecule has 0 saturated heterocycles. The van der Waals surface area contributed by atoms with Crippen LogP contribution in [-0.4, -0.2) is 0 Å².